The summed E-state index contributed by atoms with van der Waals surface area (Å²) in [6, 6.07) is 8.16. The number of hydrazone groups is 1. The lowest BCUT2D eigenvalue weighted by atomic mass is 10.3. The minimum atomic E-state index is -0.474. The van der Waals surface area contributed by atoms with Crippen LogP contribution < -0.4 is 15.6 Å². The molecule has 0 atom stereocenters. The van der Waals surface area contributed by atoms with Crippen molar-refractivity contribution in [2.45, 2.75) is 0 Å². The molecule has 2 heterocycles. The Balaban J connectivity index is 1.56. The van der Waals surface area contributed by atoms with Crippen molar-refractivity contribution in [2.24, 2.45) is 5.10 Å². The minimum absolute atomic E-state index is 0.474. The van der Waals surface area contributed by atoms with Gasteiger partial charge in [0.05, 0.1) is 23.9 Å². The number of nitrogens with zero attached hydrogens (tertiary/aromatic N) is 2. The minimum Gasteiger partial charge on any atom is -0.438 e. The number of hydrogen-bond donors (Lipinski definition) is 2. The summed E-state index contributed by atoms with van der Waals surface area (Å²) in [5.74, 6) is 1.25. The van der Waals surface area contributed by atoms with E-state index in [1.807, 2.05) is 0 Å². The van der Waals surface area contributed by atoms with Gasteiger partial charge in [-0.3, -0.25) is 0 Å². The number of rotatable bonds is 4. The summed E-state index contributed by atoms with van der Waals surface area (Å²) >= 11 is 9.34. The highest BCUT2D eigenvalue weighted by molar-refractivity contribution is 9.10. The van der Waals surface area contributed by atoms with Crippen molar-refractivity contribution < 1.29 is 13.9 Å². The van der Waals surface area contributed by atoms with Crippen LogP contribution >= 0.6 is 27.5 Å². The molecular weight excluding hydrogens is 412 g/mol. The van der Waals surface area contributed by atoms with E-state index in [2.05, 4.69) is 36.7 Å². The number of anilines is 2. The number of halogens is 2. The third-order valence-corrected chi connectivity index (χ3v) is 4.23. The fourth-order valence-electron chi connectivity index (χ4n) is 2.30. The van der Waals surface area contributed by atoms with Crippen molar-refractivity contribution in [3.05, 3.63) is 45.6 Å². The largest absolute Gasteiger partial charge is 0.438 e. The molecule has 1 fully saturated rings. The highest BCUT2D eigenvalue weighted by atomic mass is 79.9. The molecule has 1 aromatic heterocycles. The van der Waals surface area contributed by atoms with Gasteiger partial charge in [0.2, 0.25) is 5.88 Å². The Hall–Kier alpha value is -2.03. The number of furan rings is 1. The monoisotopic (exact) mass is 426 g/mol. The molecule has 0 spiro atoms. The first kappa shape index (κ1) is 17.8. The van der Waals surface area contributed by atoms with Gasteiger partial charge >= 0.3 is 6.03 Å². The highest BCUT2D eigenvalue weighted by Gasteiger charge is 2.18. The molecule has 7 nitrogen and oxygen atoms in total. The molecule has 0 aliphatic carbocycles. The molecule has 132 valence electrons. The van der Waals surface area contributed by atoms with Crippen molar-refractivity contribution in [3.63, 3.8) is 0 Å². The van der Waals surface area contributed by atoms with Gasteiger partial charge in [-0.25, -0.2) is 10.2 Å². The predicted molar refractivity (Wildman–Crippen MR) is 101 cm³/mol. The van der Waals surface area contributed by atoms with E-state index in [0.29, 0.717) is 29.7 Å². The molecule has 0 bridgehead atoms. The first-order valence-electron chi connectivity index (χ1n) is 7.59. The van der Waals surface area contributed by atoms with E-state index in [4.69, 9.17) is 20.8 Å². The fourth-order valence-corrected chi connectivity index (χ4v) is 3.05. The molecule has 2 aromatic rings. The van der Waals surface area contributed by atoms with Crippen LogP contribution in [0.4, 0.5) is 16.4 Å². The number of urea groups is 1. The van der Waals surface area contributed by atoms with E-state index >= 15 is 0 Å². The number of nitrogens with one attached hydrogen (secondary N) is 2. The summed E-state index contributed by atoms with van der Waals surface area (Å²) in [4.78, 5) is 13.9. The summed E-state index contributed by atoms with van der Waals surface area (Å²) in [6.45, 7) is 2.87. The number of carbonyl (C=O) groups is 1. The number of benzene rings is 1. The number of amides is 2. The fraction of sp³-hybridized carbons (Fsp3) is 0.250. The van der Waals surface area contributed by atoms with E-state index in [0.717, 1.165) is 23.4 Å². The van der Waals surface area contributed by atoms with Gasteiger partial charge in [0.25, 0.3) is 0 Å². The Bertz CT molecular complexity index is 774. The quantitative estimate of drug-likeness (QED) is 0.576. The topological polar surface area (TPSA) is 79.1 Å². The van der Waals surface area contributed by atoms with Crippen LogP contribution in [0.5, 0.6) is 0 Å². The smallest absolute Gasteiger partial charge is 0.339 e. The van der Waals surface area contributed by atoms with Crippen LogP contribution in [0.3, 0.4) is 0 Å². The molecule has 0 radical (unpaired) electrons. The molecule has 2 N–H and O–H groups in total. The van der Waals surface area contributed by atoms with E-state index < -0.39 is 6.03 Å². The Kier molecular flexibility index (Phi) is 5.95. The maximum Gasteiger partial charge on any atom is 0.339 e. The van der Waals surface area contributed by atoms with Gasteiger partial charge in [0.15, 0.2) is 5.76 Å². The molecular formula is C16H16BrClN4O3. The maximum atomic E-state index is 11.8. The maximum absolute atomic E-state index is 11.8. The van der Waals surface area contributed by atoms with Gasteiger partial charge in [-0.05, 0) is 34.1 Å². The molecule has 2 amide bonds. The van der Waals surface area contributed by atoms with Crippen LogP contribution in [0, 0.1) is 0 Å². The molecule has 9 heteroatoms. The summed E-state index contributed by atoms with van der Waals surface area (Å²) in [5.41, 5.74) is 2.95. The van der Waals surface area contributed by atoms with Crippen LogP contribution in [0.15, 0.2) is 44.3 Å². The molecule has 1 aromatic carbocycles. The van der Waals surface area contributed by atoms with Gasteiger partial charge < -0.3 is 19.4 Å². The molecule has 1 aliphatic heterocycles. The zero-order chi connectivity index (χ0) is 17.6. The molecule has 3 rings (SSSR count). The normalized spacial score (nSPS) is 14.7. The van der Waals surface area contributed by atoms with Crippen molar-refractivity contribution >= 4 is 51.3 Å². The van der Waals surface area contributed by atoms with Crippen LogP contribution in [0.25, 0.3) is 0 Å². The van der Waals surface area contributed by atoms with Gasteiger partial charge in [0, 0.05) is 29.9 Å². The second-order valence-electron chi connectivity index (χ2n) is 5.24. The summed E-state index contributed by atoms with van der Waals surface area (Å²) in [6.07, 6.45) is 1.44. The lowest BCUT2D eigenvalue weighted by Crippen LogP contribution is -2.36. The Labute approximate surface area is 158 Å². The van der Waals surface area contributed by atoms with Gasteiger partial charge in [0.1, 0.15) is 0 Å². The van der Waals surface area contributed by atoms with E-state index in [1.165, 1.54) is 6.21 Å². The second-order valence-corrected chi connectivity index (χ2v) is 6.53. The average Bonchev–Trinajstić information content (AvgIpc) is 2.96. The van der Waals surface area contributed by atoms with Crippen LogP contribution in [0.1, 0.15) is 5.76 Å². The summed E-state index contributed by atoms with van der Waals surface area (Å²) in [7, 11) is 0. The van der Waals surface area contributed by atoms with Crippen molar-refractivity contribution in [2.75, 3.05) is 36.5 Å². The van der Waals surface area contributed by atoms with E-state index in [9.17, 15) is 4.79 Å². The number of morpholine rings is 1. The lowest BCUT2D eigenvalue weighted by molar-refractivity contribution is 0.120. The van der Waals surface area contributed by atoms with Crippen molar-refractivity contribution in [1.29, 1.82) is 0 Å². The standard InChI is InChI=1S/C16H16BrClN4O3/c17-14-9-13(25-15(14)22-4-6-24-7-5-22)10-19-21-16(23)20-12-3-1-2-11(18)8-12/h1-3,8-10H,4-7H2,(H2,20,21,23)/b19-10+. The second kappa shape index (κ2) is 8.37. The Morgan fingerprint density at radius 1 is 1.32 bits per heavy atom. The third kappa shape index (κ3) is 4.97. The zero-order valence-electron chi connectivity index (χ0n) is 13.2. The predicted octanol–water partition coefficient (Wildman–Crippen LogP) is 3.69. The first-order chi connectivity index (χ1) is 12.1. The molecule has 0 unspecified atom stereocenters. The molecule has 0 saturated carbocycles. The van der Waals surface area contributed by atoms with Crippen LogP contribution in [-0.4, -0.2) is 38.5 Å². The highest BCUT2D eigenvalue weighted by Crippen LogP contribution is 2.30. The van der Waals surface area contributed by atoms with Gasteiger partial charge in [-0.1, -0.05) is 17.7 Å². The number of hydrogen-bond acceptors (Lipinski definition) is 5. The van der Waals surface area contributed by atoms with Gasteiger partial charge in [-0.15, -0.1) is 0 Å². The zero-order valence-corrected chi connectivity index (χ0v) is 15.5. The summed E-state index contributed by atoms with van der Waals surface area (Å²) in [5, 5.41) is 7.05. The number of ether oxygens (including phenoxy) is 1. The average molecular weight is 428 g/mol. The molecule has 25 heavy (non-hydrogen) atoms. The van der Waals surface area contributed by atoms with Crippen molar-refractivity contribution in [3.8, 4) is 0 Å². The third-order valence-electron chi connectivity index (χ3n) is 3.43. The van der Waals surface area contributed by atoms with Crippen LogP contribution in [0.2, 0.25) is 5.02 Å². The van der Waals surface area contributed by atoms with Crippen LogP contribution in [-0.2, 0) is 4.74 Å². The SMILES string of the molecule is O=C(N/N=C/c1cc(Br)c(N2CCOCC2)o1)Nc1cccc(Cl)c1. The van der Waals surface area contributed by atoms with E-state index in [1.54, 1.807) is 30.3 Å². The summed E-state index contributed by atoms with van der Waals surface area (Å²) < 4.78 is 11.9. The Morgan fingerprint density at radius 3 is 2.88 bits per heavy atom. The first-order valence-corrected chi connectivity index (χ1v) is 8.76. The van der Waals surface area contributed by atoms with Gasteiger partial charge in [-0.2, -0.15) is 5.10 Å². The Morgan fingerprint density at radius 2 is 2.12 bits per heavy atom. The van der Waals surface area contributed by atoms with Crippen molar-refractivity contribution in [1.82, 2.24) is 5.43 Å². The molecule has 1 aliphatic rings. The number of carbonyl (C=O) groups excluding carboxylic acids is 1. The molecule has 1 saturated heterocycles. The lowest BCUT2D eigenvalue weighted by Gasteiger charge is -2.26. The van der Waals surface area contributed by atoms with E-state index in [-0.39, 0.29) is 0 Å².